The number of nitro groups is 1. The minimum Gasteiger partial charge on any atom is -0.259 e. The summed E-state index contributed by atoms with van der Waals surface area (Å²) in [6.45, 7) is 5.88. The third-order valence-corrected chi connectivity index (χ3v) is 3.32. The fourth-order valence-corrected chi connectivity index (χ4v) is 2.10. The zero-order chi connectivity index (χ0) is 12.1. The summed E-state index contributed by atoms with van der Waals surface area (Å²) in [5.74, 6) is 0. The van der Waals surface area contributed by atoms with Crippen molar-refractivity contribution in [2.75, 3.05) is 0 Å². The zero-order valence-corrected chi connectivity index (χ0v) is 10.5. The summed E-state index contributed by atoms with van der Waals surface area (Å²) in [5.41, 5.74) is 2.69. The summed E-state index contributed by atoms with van der Waals surface area (Å²) >= 11 is 1.40. The average molecular weight is 237 g/mol. The first kappa shape index (κ1) is 12.8. The molecule has 0 fully saturated rings. The molecule has 86 valence electrons. The predicted octanol–water partition coefficient (Wildman–Crippen LogP) is 3.92. The molecule has 1 aromatic carbocycles. The molecule has 0 saturated carbocycles. The Bertz CT molecular complexity index is 427. The van der Waals surface area contributed by atoms with Crippen LogP contribution in [0, 0.1) is 24.0 Å². The molecule has 16 heavy (non-hydrogen) atoms. The molecule has 0 unspecified atom stereocenters. The fraction of sp³-hybridized carbons (Fsp3) is 0.333. The van der Waals surface area contributed by atoms with Crippen LogP contribution in [0.1, 0.15) is 24.5 Å². The van der Waals surface area contributed by atoms with Gasteiger partial charge in [0.15, 0.2) is 0 Å². The highest BCUT2D eigenvalue weighted by Crippen LogP contribution is 2.24. The lowest BCUT2D eigenvalue weighted by Crippen LogP contribution is -1.95. The smallest absolute Gasteiger partial charge is 0.252 e. The van der Waals surface area contributed by atoms with Crippen molar-refractivity contribution in [2.24, 2.45) is 0 Å². The number of thioether (sulfide) groups is 1. The van der Waals surface area contributed by atoms with Crippen LogP contribution >= 0.6 is 11.8 Å². The molecule has 0 aliphatic heterocycles. The number of nitrogens with zero attached hydrogens (tertiary/aromatic N) is 1. The molecule has 0 atom stereocenters. The first-order valence-electron chi connectivity index (χ1n) is 5.12. The highest BCUT2D eigenvalue weighted by Gasteiger charge is 2.06. The summed E-state index contributed by atoms with van der Waals surface area (Å²) in [6.07, 6.45) is 0.449. The van der Waals surface area contributed by atoms with Crippen LogP contribution in [0.5, 0.6) is 0 Å². The molecule has 0 amide bonds. The first-order valence-corrected chi connectivity index (χ1v) is 6.00. The van der Waals surface area contributed by atoms with Crippen LogP contribution in [-0.4, -0.2) is 4.92 Å². The Balaban J connectivity index is 2.81. The summed E-state index contributed by atoms with van der Waals surface area (Å²) in [4.78, 5) is 11.3. The van der Waals surface area contributed by atoms with Crippen LogP contribution in [0.25, 0.3) is 0 Å². The molecule has 1 aromatic rings. The van der Waals surface area contributed by atoms with Gasteiger partial charge in [0.05, 0.1) is 4.92 Å². The van der Waals surface area contributed by atoms with Crippen LogP contribution in [0.15, 0.2) is 34.2 Å². The predicted molar refractivity (Wildman–Crippen MR) is 67.1 cm³/mol. The third-order valence-electron chi connectivity index (χ3n) is 2.41. The maximum absolute atomic E-state index is 10.6. The highest BCUT2D eigenvalue weighted by molar-refractivity contribution is 8.02. The van der Waals surface area contributed by atoms with E-state index in [1.165, 1.54) is 22.9 Å². The van der Waals surface area contributed by atoms with Crippen LogP contribution in [0.4, 0.5) is 0 Å². The van der Waals surface area contributed by atoms with Crippen molar-refractivity contribution >= 4 is 11.8 Å². The van der Waals surface area contributed by atoms with Gasteiger partial charge in [-0.2, -0.15) is 0 Å². The third kappa shape index (κ3) is 3.38. The Morgan fingerprint density at radius 1 is 1.44 bits per heavy atom. The number of allylic oxidation sites excluding steroid dienone is 1. The van der Waals surface area contributed by atoms with E-state index in [-0.39, 0.29) is 10.6 Å². The van der Waals surface area contributed by atoms with Gasteiger partial charge in [0.2, 0.25) is 0 Å². The topological polar surface area (TPSA) is 43.1 Å². The monoisotopic (exact) mass is 237 g/mol. The quantitative estimate of drug-likeness (QED) is 0.453. The largest absolute Gasteiger partial charge is 0.259 e. The maximum atomic E-state index is 10.6. The van der Waals surface area contributed by atoms with Gasteiger partial charge in [-0.1, -0.05) is 24.8 Å². The van der Waals surface area contributed by atoms with Crippen molar-refractivity contribution < 1.29 is 4.92 Å². The van der Waals surface area contributed by atoms with Gasteiger partial charge in [-0.3, -0.25) is 10.1 Å². The summed E-state index contributed by atoms with van der Waals surface area (Å²) in [5, 5.41) is 12.2. The Kier molecular flexibility index (Phi) is 4.55. The Morgan fingerprint density at radius 3 is 2.62 bits per heavy atom. The lowest BCUT2D eigenvalue weighted by Gasteiger charge is -2.02. The van der Waals surface area contributed by atoms with E-state index < -0.39 is 0 Å². The van der Waals surface area contributed by atoms with Gasteiger partial charge in [0.1, 0.15) is 0 Å². The summed E-state index contributed by atoms with van der Waals surface area (Å²) in [7, 11) is 0. The van der Waals surface area contributed by atoms with E-state index in [2.05, 4.69) is 0 Å². The normalized spacial score (nSPS) is 11.6. The van der Waals surface area contributed by atoms with Crippen LogP contribution < -0.4 is 0 Å². The molecule has 1 rings (SSSR count). The Hall–Kier alpha value is -1.29. The second kappa shape index (κ2) is 5.70. The van der Waals surface area contributed by atoms with Crippen LogP contribution in [0.2, 0.25) is 0 Å². The van der Waals surface area contributed by atoms with E-state index >= 15 is 0 Å². The molecule has 0 aromatic heterocycles. The second-order valence-electron chi connectivity index (χ2n) is 3.58. The summed E-state index contributed by atoms with van der Waals surface area (Å²) < 4.78 is 0. The maximum Gasteiger partial charge on any atom is 0.252 e. The minimum atomic E-state index is -0.325. The lowest BCUT2D eigenvalue weighted by molar-refractivity contribution is -0.427. The van der Waals surface area contributed by atoms with Gasteiger partial charge in [-0.05, 0) is 37.1 Å². The van der Waals surface area contributed by atoms with Gasteiger partial charge >= 0.3 is 0 Å². The zero-order valence-electron chi connectivity index (χ0n) is 9.69. The molecule has 0 radical (unpaired) electrons. The molecule has 0 bridgehead atoms. The minimum absolute atomic E-state index is 0.253. The molecule has 0 N–H and O–H groups in total. The lowest BCUT2D eigenvalue weighted by atomic mass is 10.1. The van der Waals surface area contributed by atoms with Crippen molar-refractivity contribution in [1.82, 2.24) is 0 Å². The second-order valence-corrected chi connectivity index (χ2v) is 4.53. The molecule has 3 nitrogen and oxygen atoms in total. The molecule has 0 saturated heterocycles. The van der Waals surface area contributed by atoms with Crippen molar-refractivity contribution in [1.29, 1.82) is 0 Å². The summed E-state index contributed by atoms with van der Waals surface area (Å²) in [6, 6.07) is 6.06. The number of hydrogen-bond acceptors (Lipinski definition) is 3. The molecule has 0 aliphatic rings. The van der Waals surface area contributed by atoms with Gasteiger partial charge in [0, 0.05) is 16.7 Å². The van der Waals surface area contributed by atoms with Gasteiger partial charge in [-0.15, -0.1) is 0 Å². The van der Waals surface area contributed by atoms with E-state index in [0.29, 0.717) is 6.42 Å². The number of aryl methyl sites for hydroxylation is 2. The highest BCUT2D eigenvalue weighted by atomic mass is 32.2. The van der Waals surface area contributed by atoms with Crippen molar-refractivity contribution in [3.05, 3.63) is 50.5 Å². The van der Waals surface area contributed by atoms with E-state index in [4.69, 9.17) is 0 Å². The average Bonchev–Trinajstić information content (AvgIpc) is 2.23. The standard InChI is InChI=1S/C12H15NO2S/c1-4-11(13(14)15)8-16-12-6-5-9(2)10(3)7-12/h5-8H,4H2,1-3H3. The molecule has 0 heterocycles. The first-order chi connectivity index (χ1) is 7.54. The van der Waals surface area contributed by atoms with Crippen molar-refractivity contribution in [3.63, 3.8) is 0 Å². The van der Waals surface area contributed by atoms with Gasteiger partial charge < -0.3 is 0 Å². The molecule has 0 spiro atoms. The molecular weight excluding hydrogens is 222 g/mol. The van der Waals surface area contributed by atoms with E-state index in [1.807, 2.05) is 32.0 Å². The molecule has 4 heteroatoms. The fourth-order valence-electron chi connectivity index (χ4n) is 1.18. The van der Waals surface area contributed by atoms with Gasteiger partial charge in [-0.25, -0.2) is 0 Å². The van der Waals surface area contributed by atoms with Gasteiger partial charge in [0.25, 0.3) is 5.70 Å². The molecular formula is C12H15NO2S. The SMILES string of the molecule is CCC(=CSc1ccc(C)c(C)c1)[N+](=O)[O-]. The van der Waals surface area contributed by atoms with Crippen molar-refractivity contribution in [3.8, 4) is 0 Å². The Morgan fingerprint density at radius 2 is 2.12 bits per heavy atom. The van der Waals surface area contributed by atoms with Crippen LogP contribution in [0.3, 0.4) is 0 Å². The van der Waals surface area contributed by atoms with E-state index in [0.717, 1.165) is 4.90 Å². The van der Waals surface area contributed by atoms with Crippen LogP contribution in [-0.2, 0) is 0 Å². The Labute approximate surface area is 99.7 Å². The van der Waals surface area contributed by atoms with Crippen molar-refractivity contribution in [2.45, 2.75) is 32.1 Å². The number of benzene rings is 1. The van der Waals surface area contributed by atoms with E-state index in [9.17, 15) is 10.1 Å². The number of rotatable bonds is 4. The van der Waals surface area contributed by atoms with E-state index in [1.54, 1.807) is 12.3 Å². The molecule has 0 aliphatic carbocycles. The number of hydrogen-bond donors (Lipinski definition) is 0.